The SMILES string of the molecule is O=C(O)c1cccc(OC(=O)c2cc3cc(Cl)ccc3[nH]2)c1. The zero-order valence-electron chi connectivity index (χ0n) is 11.2. The van der Waals surface area contributed by atoms with Gasteiger partial charge in [0.25, 0.3) is 0 Å². The largest absolute Gasteiger partial charge is 0.478 e. The fraction of sp³-hybridized carbons (Fsp3) is 0. The van der Waals surface area contributed by atoms with Gasteiger partial charge in [0, 0.05) is 15.9 Å². The lowest BCUT2D eigenvalue weighted by Gasteiger charge is -2.03. The average Bonchev–Trinajstić information content (AvgIpc) is 2.90. The predicted molar refractivity (Wildman–Crippen MR) is 81.7 cm³/mol. The van der Waals surface area contributed by atoms with Crippen LogP contribution in [0.5, 0.6) is 5.75 Å². The summed E-state index contributed by atoms with van der Waals surface area (Å²) in [6.45, 7) is 0. The maximum Gasteiger partial charge on any atom is 0.360 e. The third kappa shape index (κ3) is 2.80. The number of rotatable bonds is 3. The van der Waals surface area contributed by atoms with Gasteiger partial charge in [0.2, 0.25) is 0 Å². The van der Waals surface area contributed by atoms with Crippen molar-refractivity contribution in [2.75, 3.05) is 0 Å². The Balaban J connectivity index is 1.86. The Hall–Kier alpha value is -2.79. The van der Waals surface area contributed by atoms with Gasteiger partial charge in [-0.2, -0.15) is 0 Å². The van der Waals surface area contributed by atoms with Gasteiger partial charge in [-0.15, -0.1) is 0 Å². The predicted octanol–water partition coefficient (Wildman–Crippen LogP) is 3.74. The van der Waals surface area contributed by atoms with Crippen molar-refractivity contribution in [3.05, 3.63) is 64.8 Å². The van der Waals surface area contributed by atoms with Crippen LogP contribution in [0.4, 0.5) is 0 Å². The van der Waals surface area contributed by atoms with Crippen LogP contribution in [0.25, 0.3) is 10.9 Å². The highest BCUT2D eigenvalue weighted by atomic mass is 35.5. The number of esters is 1. The molecule has 1 heterocycles. The lowest BCUT2D eigenvalue weighted by Crippen LogP contribution is -2.09. The minimum absolute atomic E-state index is 0.0497. The summed E-state index contributed by atoms with van der Waals surface area (Å²) < 4.78 is 5.18. The molecule has 2 aromatic carbocycles. The van der Waals surface area contributed by atoms with Crippen LogP contribution in [0.2, 0.25) is 5.02 Å². The van der Waals surface area contributed by atoms with E-state index in [-0.39, 0.29) is 17.0 Å². The molecule has 0 aliphatic rings. The summed E-state index contributed by atoms with van der Waals surface area (Å²) in [6.07, 6.45) is 0. The quantitative estimate of drug-likeness (QED) is 0.570. The Morgan fingerprint density at radius 2 is 1.91 bits per heavy atom. The first-order valence-electron chi connectivity index (χ1n) is 6.37. The van der Waals surface area contributed by atoms with Crippen molar-refractivity contribution in [3.63, 3.8) is 0 Å². The highest BCUT2D eigenvalue weighted by molar-refractivity contribution is 6.31. The summed E-state index contributed by atoms with van der Waals surface area (Å²) in [4.78, 5) is 25.9. The summed E-state index contributed by atoms with van der Waals surface area (Å²) in [7, 11) is 0. The number of nitrogens with one attached hydrogen (secondary N) is 1. The Morgan fingerprint density at radius 1 is 1.09 bits per heavy atom. The molecule has 110 valence electrons. The molecule has 0 bridgehead atoms. The molecule has 6 heteroatoms. The molecule has 5 nitrogen and oxygen atoms in total. The number of carbonyl (C=O) groups is 2. The van der Waals surface area contributed by atoms with Gasteiger partial charge < -0.3 is 14.8 Å². The van der Waals surface area contributed by atoms with E-state index in [4.69, 9.17) is 21.4 Å². The molecule has 0 amide bonds. The molecule has 0 aliphatic heterocycles. The summed E-state index contributed by atoms with van der Waals surface area (Å²) in [5.41, 5.74) is 1.07. The number of aromatic amines is 1. The van der Waals surface area contributed by atoms with Crippen molar-refractivity contribution in [2.45, 2.75) is 0 Å². The second-order valence-corrected chi connectivity index (χ2v) is 5.07. The van der Waals surface area contributed by atoms with Crippen molar-refractivity contribution in [1.29, 1.82) is 0 Å². The second-order valence-electron chi connectivity index (χ2n) is 4.64. The van der Waals surface area contributed by atoms with E-state index in [1.165, 1.54) is 24.3 Å². The van der Waals surface area contributed by atoms with Crippen molar-refractivity contribution in [3.8, 4) is 5.75 Å². The summed E-state index contributed by atoms with van der Waals surface area (Å²) >= 11 is 5.90. The lowest BCUT2D eigenvalue weighted by molar-refractivity contribution is 0.0686. The standard InChI is InChI=1S/C16H10ClNO4/c17-11-4-5-13-10(6-11)8-14(18-13)16(21)22-12-3-1-2-9(7-12)15(19)20/h1-8,18H,(H,19,20). The number of aromatic carboxylic acids is 1. The maximum absolute atomic E-state index is 12.1. The van der Waals surface area contributed by atoms with Crippen LogP contribution >= 0.6 is 11.6 Å². The molecule has 3 aromatic rings. The van der Waals surface area contributed by atoms with Crippen LogP contribution < -0.4 is 4.74 Å². The van der Waals surface area contributed by atoms with Crippen molar-refractivity contribution < 1.29 is 19.4 Å². The van der Waals surface area contributed by atoms with Crippen LogP contribution in [0.3, 0.4) is 0 Å². The average molecular weight is 316 g/mol. The van der Waals surface area contributed by atoms with E-state index in [1.807, 2.05) is 0 Å². The molecule has 0 fully saturated rings. The number of benzene rings is 2. The third-order valence-electron chi connectivity index (χ3n) is 3.09. The zero-order valence-corrected chi connectivity index (χ0v) is 11.9. The number of H-pyrrole nitrogens is 1. The zero-order chi connectivity index (χ0) is 15.7. The highest BCUT2D eigenvalue weighted by Gasteiger charge is 2.13. The van der Waals surface area contributed by atoms with Crippen LogP contribution in [-0.2, 0) is 0 Å². The Bertz CT molecular complexity index is 885. The first-order valence-corrected chi connectivity index (χ1v) is 6.74. The fourth-order valence-corrected chi connectivity index (χ4v) is 2.25. The van der Waals surface area contributed by atoms with E-state index in [2.05, 4.69) is 4.98 Å². The van der Waals surface area contributed by atoms with E-state index >= 15 is 0 Å². The number of ether oxygens (including phenoxy) is 1. The van der Waals surface area contributed by atoms with Gasteiger partial charge in [0.1, 0.15) is 11.4 Å². The number of hydrogen-bond acceptors (Lipinski definition) is 3. The van der Waals surface area contributed by atoms with E-state index in [0.717, 1.165) is 10.9 Å². The number of carboxylic acid groups (broad SMARTS) is 1. The lowest BCUT2D eigenvalue weighted by atomic mass is 10.2. The molecule has 22 heavy (non-hydrogen) atoms. The highest BCUT2D eigenvalue weighted by Crippen LogP contribution is 2.21. The van der Waals surface area contributed by atoms with Crippen LogP contribution in [0.15, 0.2) is 48.5 Å². The minimum atomic E-state index is -1.09. The Labute approximate surface area is 130 Å². The van der Waals surface area contributed by atoms with E-state index in [9.17, 15) is 9.59 Å². The molecular formula is C16H10ClNO4. The normalized spacial score (nSPS) is 10.6. The molecule has 0 spiro atoms. The molecule has 3 rings (SSSR count). The van der Waals surface area contributed by atoms with E-state index < -0.39 is 11.9 Å². The fourth-order valence-electron chi connectivity index (χ4n) is 2.07. The van der Waals surface area contributed by atoms with Gasteiger partial charge >= 0.3 is 11.9 Å². The van der Waals surface area contributed by atoms with Crippen LogP contribution in [-0.4, -0.2) is 22.0 Å². The first-order chi connectivity index (χ1) is 10.5. The molecule has 0 unspecified atom stereocenters. The van der Waals surface area contributed by atoms with Gasteiger partial charge in [0.05, 0.1) is 5.56 Å². The molecule has 0 radical (unpaired) electrons. The number of hydrogen-bond donors (Lipinski definition) is 2. The third-order valence-corrected chi connectivity index (χ3v) is 3.33. The maximum atomic E-state index is 12.1. The monoisotopic (exact) mass is 315 g/mol. The molecule has 0 saturated carbocycles. The Morgan fingerprint density at radius 3 is 2.68 bits per heavy atom. The number of fused-ring (bicyclic) bond motifs is 1. The van der Waals surface area contributed by atoms with Gasteiger partial charge in [-0.1, -0.05) is 17.7 Å². The molecule has 2 N–H and O–H groups in total. The van der Waals surface area contributed by atoms with Crippen molar-refractivity contribution in [1.82, 2.24) is 4.98 Å². The van der Waals surface area contributed by atoms with Crippen LogP contribution in [0, 0.1) is 0 Å². The number of aromatic nitrogens is 1. The van der Waals surface area contributed by atoms with E-state index in [1.54, 1.807) is 24.3 Å². The van der Waals surface area contributed by atoms with Crippen molar-refractivity contribution >= 4 is 34.4 Å². The minimum Gasteiger partial charge on any atom is -0.478 e. The smallest absolute Gasteiger partial charge is 0.360 e. The molecule has 0 aliphatic carbocycles. The number of carbonyl (C=O) groups excluding carboxylic acids is 1. The van der Waals surface area contributed by atoms with Gasteiger partial charge in [-0.05, 0) is 42.5 Å². The van der Waals surface area contributed by atoms with Crippen molar-refractivity contribution in [2.24, 2.45) is 0 Å². The summed E-state index contributed by atoms with van der Waals surface area (Å²) in [5, 5.41) is 10.3. The van der Waals surface area contributed by atoms with Gasteiger partial charge in [0.15, 0.2) is 0 Å². The summed E-state index contributed by atoms with van der Waals surface area (Å²) in [6, 6.07) is 12.6. The molecule has 0 saturated heterocycles. The number of halogens is 1. The molecule has 0 atom stereocenters. The van der Waals surface area contributed by atoms with Gasteiger partial charge in [-0.3, -0.25) is 0 Å². The van der Waals surface area contributed by atoms with Gasteiger partial charge in [-0.25, -0.2) is 9.59 Å². The summed E-state index contributed by atoms with van der Waals surface area (Å²) in [5.74, 6) is -1.52. The first kappa shape index (κ1) is 14.2. The van der Waals surface area contributed by atoms with E-state index in [0.29, 0.717) is 5.02 Å². The Kier molecular flexibility index (Phi) is 3.56. The topological polar surface area (TPSA) is 79.4 Å². The second kappa shape index (κ2) is 5.54. The van der Waals surface area contributed by atoms with Crippen LogP contribution in [0.1, 0.15) is 20.8 Å². The molecular weight excluding hydrogens is 306 g/mol. The number of carboxylic acids is 1. The molecule has 1 aromatic heterocycles.